The number of rotatable bonds is 2. The maximum absolute atomic E-state index is 11.1. The lowest BCUT2D eigenvalue weighted by molar-refractivity contribution is 0.245. The van der Waals surface area contributed by atoms with Crippen LogP contribution in [-0.2, 0) is 6.54 Å². The van der Waals surface area contributed by atoms with Crippen molar-refractivity contribution in [2.24, 2.45) is 4.99 Å². The molecule has 0 atom stereocenters. The number of guanidine groups is 1. The van der Waals surface area contributed by atoms with Gasteiger partial charge in [-0.2, -0.15) is 0 Å². The van der Waals surface area contributed by atoms with Crippen LogP contribution in [-0.4, -0.2) is 18.7 Å². The molecule has 0 bridgehead atoms. The number of amides is 2. The molecular weight excluding hydrogens is 192 g/mol. The van der Waals surface area contributed by atoms with Gasteiger partial charge in [-0.1, -0.05) is 30.3 Å². The first-order valence-electron chi connectivity index (χ1n) is 4.36. The molecule has 78 valence electrons. The van der Waals surface area contributed by atoms with Crippen molar-refractivity contribution in [2.75, 3.05) is 0 Å². The summed E-state index contributed by atoms with van der Waals surface area (Å²) in [5.74, 6) is -0.263. The van der Waals surface area contributed by atoms with Gasteiger partial charge in [-0.25, -0.2) is 9.79 Å². The SMILES string of the molecule is C=NC(=N)NC(=O)NCc1ccccc1. The summed E-state index contributed by atoms with van der Waals surface area (Å²) < 4.78 is 0. The molecule has 0 heterocycles. The van der Waals surface area contributed by atoms with E-state index in [0.717, 1.165) is 5.56 Å². The first-order chi connectivity index (χ1) is 7.22. The molecule has 0 fully saturated rings. The van der Waals surface area contributed by atoms with Crippen molar-refractivity contribution in [1.82, 2.24) is 10.6 Å². The molecule has 0 aliphatic heterocycles. The van der Waals surface area contributed by atoms with Crippen LogP contribution in [0.4, 0.5) is 4.79 Å². The van der Waals surface area contributed by atoms with E-state index in [9.17, 15) is 4.79 Å². The van der Waals surface area contributed by atoms with Gasteiger partial charge in [0, 0.05) is 6.54 Å². The first-order valence-corrected chi connectivity index (χ1v) is 4.36. The number of nitrogens with one attached hydrogen (secondary N) is 3. The molecule has 1 aromatic carbocycles. The fraction of sp³-hybridized carbons (Fsp3) is 0.100. The molecule has 0 aliphatic rings. The molecule has 5 nitrogen and oxygen atoms in total. The highest BCUT2D eigenvalue weighted by atomic mass is 16.2. The lowest BCUT2D eigenvalue weighted by Gasteiger charge is -2.05. The van der Waals surface area contributed by atoms with Crippen LogP contribution in [0.25, 0.3) is 0 Å². The van der Waals surface area contributed by atoms with E-state index >= 15 is 0 Å². The van der Waals surface area contributed by atoms with Crippen molar-refractivity contribution in [3.05, 3.63) is 35.9 Å². The largest absolute Gasteiger partial charge is 0.334 e. The standard InChI is InChI=1S/C10H12N4O/c1-12-9(11)14-10(15)13-7-8-5-3-2-4-6-8/h2-6H,1,7H2,(H3,11,13,14,15). The zero-order valence-corrected chi connectivity index (χ0v) is 8.16. The highest BCUT2D eigenvalue weighted by Crippen LogP contribution is 1.96. The number of carbonyl (C=O) groups is 1. The van der Waals surface area contributed by atoms with Crippen molar-refractivity contribution in [3.8, 4) is 0 Å². The van der Waals surface area contributed by atoms with E-state index in [1.807, 2.05) is 30.3 Å². The average molecular weight is 204 g/mol. The minimum Gasteiger partial charge on any atom is -0.334 e. The Balaban J connectivity index is 2.35. The maximum Gasteiger partial charge on any atom is 0.321 e. The van der Waals surface area contributed by atoms with Gasteiger partial charge in [-0.3, -0.25) is 10.7 Å². The summed E-state index contributed by atoms with van der Waals surface area (Å²) in [6.45, 7) is 3.53. The molecule has 5 heteroatoms. The summed E-state index contributed by atoms with van der Waals surface area (Å²) in [6.07, 6.45) is 0. The molecule has 0 unspecified atom stereocenters. The fourth-order valence-electron chi connectivity index (χ4n) is 0.969. The summed E-state index contributed by atoms with van der Waals surface area (Å²) in [5.41, 5.74) is 0.991. The third-order valence-corrected chi connectivity index (χ3v) is 1.69. The predicted octanol–water partition coefficient (Wildman–Crippen LogP) is 1.12. The van der Waals surface area contributed by atoms with Gasteiger partial charge in [-0.15, -0.1) is 0 Å². The lowest BCUT2D eigenvalue weighted by Crippen LogP contribution is -2.37. The number of hydrogen-bond acceptors (Lipinski definition) is 2. The van der Waals surface area contributed by atoms with Crippen LogP contribution in [0.2, 0.25) is 0 Å². The van der Waals surface area contributed by atoms with Gasteiger partial charge in [-0.05, 0) is 12.3 Å². The van der Waals surface area contributed by atoms with Crippen molar-refractivity contribution < 1.29 is 4.79 Å². The quantitative estimate of drug-likeness (QED) is 0.490. The van der Waals surface area contributed by atoms with Gasteiger partial charge in [0.05, 0.1) is 0 Å². The lowest BCUT2D eigenvalue weighted by atomic mass is 10.2. The summed E-state index contributed by atoms with van der Waals surface area (Å²) >= 11 is 0. The average Bonchev–Trinajstić information content (AvgIpc) is 2.27. The molecule has 1 aromatic rings. The van der Waals surface area contributed by atoms with Gasteiger partial charge >= 0.3 is 6.03 Å². The second-order valence-corrected chi connectivity index (χ2v) is 2.80. The number of urea groups is 1. The molecular formula is C10H12N4O. The Morgan fingerprint density at radius 3 is 2.67 bits per heavy atom. The van der Waals surface area contributed by atoms with Crippen LogP contribution in [0.3, 0.4) is 0 Å². The number of nitrogens with zero attached hydrogens (tertiary/aromatic N) is 1. The van der Waals surface area contributed by atoms with E-state index in [1.165, 1.54) is 0 Å². The summed E-state index contributed by atoms with van der Waals surface area (Å²) in [5, 5.41) is 11.8. The smallest absolute Gasteiger partial charge is 0.321 e. The Morgan fingerprint density at radius 2 is 2.07 bits per heavy atom. The molecule has 0 saturated carbocycles. The van der Waals surface area contributed by atoms with Crippen LogP contribution >= 0.6 is 0 Å². The van der Waals surface area contributed by atoms with Crippen LogP contribution < -0.4 is 10.6 Å². The fourth-order valence-corrected chi connectivity index (χ4v) is 0.969. The first kappa shape index (κ1) is 10.9. The Kier molecular flexibility index (Phi) is 4.03. The van der Waals surface area contributed by atoms with Gasteiger partial charge in [0.2, 0.25) is 5.96 Å². The summed E-state index contributed by atoms with van der Waals surface area (Å²) in [7, 11) is 0. The third-order valence-electron chi connectivity index (χ3n) is 1.69. The summed E-state index contributed by atoms with van der Waals surface area (Å²) in [4.78, 5) is 14.4. The van der Waals surface area contributed by atoms with E-state index in [1.54, 1.807) is 0 Å². The number of benzene rings is 1. The summed E-state index contributed by atoms with van der Waals surface area (Å²) in [6, 6.07) is 9.02. The minimum absolute atomic E-state index is 0.263. The van der Waals surface area contributed by atoms with Crippen molar-refractivity contribution >= 4 is 18.7 Å². The van der Waals surface area contributed by atoms with Gasteiger partial charge in [0.25, 0.3) is 0 Å². The zero-order chi connectivity index (χ0) is 11.1. The van der Waals surface area contributed by atoms with Crippen molar-refractivity contribution in [2.45, 2.75) is 6.54 Å². The maximum atomic E-state index is 11.1. The normalized spacial score (nSPS) is 9.07. The molecule has 0 aliphatic carbocycles. The van der Waals surface area contributed by atoms with E-state index < -0.39 is 6.03 Å². The topological polar surface area (TPSA) is 77.3 Å². The third kappa shape index (κ3) is 4.04. The minimum atomic E-state index is -0.462. The van der Waals surface area contributed by atoms with Crippen LogP contribution in [0.5, 0.6) is 0 Å². The molecule has 1 rings (SSSR count). The molecule has 2 amide bonds. The molecule has 15 heavy (non-hydrogen) atoms. The highest BCUT2D eigenvalue weighted by molar-refractivity contribution is 5.96. The Hall–Kier alpha value is -2.17. The van der Waals surface area contributed by atoms with Gasteiger partial charge in [0.15, 0.2) is 0 Å². The van der Waals surface area contributed by atoms with E-state index in [4.69, 9.17) is 5.41 Å². The number of carbonyl (C=O) groups excluding carboxylic acids is 1. The second kappa shape index (κ2) is 5.54. The van der Waals surface area contributed by atoms with Gasteiger partial charge < -0.3 is 5.32 Å². The molecule has 0 aromatic heterocycles. The Morgan fingerprint density at radius 1 is 1.40 bits per heavy atom. The molecule has 0 saturated heterocycles. The van der Waals surface area contributed by atoms with Crippen LogP contribution in [0, 0.1) is 5.41 Å². The van der Waals surface area contributed by atoms with Crippen LogP contribution in [0.15, 0.2) is 35.3 Å². The molecule has 3 N–H and O–H groups in total. The molecule has 0 spiro atoms. The van der Waals surface area contributed by atoms with Crippen molar-refractivity contribution in [3.63, 3.8) is 0 Å². The van der Waals surface area contributed by atoms with E-state index in [0.29, 0.717) is 6.54 Å². The van der Waals surface area contributed by atoms with E-state index in [-0.39, 0.29) is 5.96 Å². The predicted molar refractivity (Wildman–Crippen MR) is 59.1 cm³/mol. The number of hydrogen-bond donors (Lipinski definition) is 3. The highest BCUT2D eigenvalue weighted by Gasteiger charge is 2.01. The molecule has 0 radical (unpaired) electrons. The van der Waals surface area contributed by atoms with E-state index in [2.05, 4.69) is 22.3 Å². The Labute approximate surface area is 87.7 Å². The Bertz CT molecular complexity index is 361. The van der Waals surface area contributed by atoms with Crippen LogP contribution in [0.1, 0.15) is 5.56 Å². The zero-order valence-electron chi connectivity index (χ0n) is 8.16. The van der Waals surface area contributed by atoms with Gasteiger partial charge in [0.1, 0.15) is 0 Å². The monoisotopic (exact) mass is 204 g/mol. The van der Waals surface area contributed by atoms with Crippen molar-refractivity contribution in [1.29, 1.82) is 5.41 Å². The second-order valence-electron chi connectivity index (χ2n) is 2.80. The number of aliphatic imine (C=N–C) groups is 1.